The van der Waals surface area contributed by atoms with Gasteiger partial charge < -0.3 is 10.2 Å². The number of halogens is 3. The molecule has 1 aliphatic rings. The van der Waals surface area contributed by atoms with Gasteiger partial charge in [0.05, 0.1) is 5.92 Å². The maximum atomic E-state index is 12.7. The highest BCUT2D eigenvalue weighted by Gasteiger charge is 2.41. The van der Waals surface area contributed by atoms with Gasteiger partial charge in [0.15, 0.2) is 5.16 Å². The van der Waals surface area contributed by atoms with Crippen LogP contribution < -0.4 is 10.2 Å². The summed E-state index contributed by atoms with van der Waals surface area (Å²) in [6.07, 6.45) is -1.97. The number of nitrogens with one attached hydrogen (secondary N) is 1. The van der Waals surface area contributed by atoms with Gasteiger partial charge in [-0.2, -0.15) is 13.2 Å². The van der Waals surface area contributed by atoms with Crippen LogP contribution in [0.4, 0.5) is 24.8 Å². The topological polar surface area (TPSA) is 41.0 Å². The highest BCUT2D eigenvalue weighted by atomic mass is 32.2. The Labute approximate surface area is 120 Å². The summed E-state index contributed by atoms with van der Waals surface area (Å²) in [4.78, 5) is 10.5. The lowest BCUT2D eigenvalue weighted by Gasteiger charge is -2.33. The fourth-order valence-electron chi connectivity index (χ4n) is 2.23. The van der Waals surface area contributed by atoms with Crippen molar-refractivity contribution in [3.8, 4) is 0 Å². The molecule has 112 valence electrons. The maximum absolute atomic E-state index is 12.7. The Morgan fingerprint density at radius 2 is 1.95 bits per heavy atom. The zero-order chi connectivity index (χ0) is 14.8. The van der Waals surface area contributed by atoms with Crippen LogP contribution in [-0.4, -0.2) is 42.5 Å². The highest BCUT2D eigenvalue weighted by molar-refractivity contribution is 7.98. The van der Waals surface area contributed by atoms with E-state index in [0.717, 1.165) is 0 Å². The fraction of sp³-hybridized carbons (Fsp3) is 0.667. The van der Waals surface area contributed by atoms with Crippen molar-refractivity contribution in [2.75, 3.05) is 36.6 Å². The Hall–Kier alpha value is -1.18. The number of hydrogen-bond acceptors (Lipinski definition) is 5. The summed E-state index contributed by atoms with van der Waals surface area (Å²) >= 11 is 1.41. The molecule has 0 radical (unpaired) electrons. The smallest absolute Gasteiger partial charge is 0.373 e. The minimum Gasteiger partial charge on any atom is -0.373 e. The summed E-state index contributed by atoms with van der Waals surface area (Å²) in [6, 6.07) is 1.77. The molecule has 1 aromatic rings. The molecule has 1 N–H and O–H groups in total. The third-order valence-electron chi connectivity index (χ3n) is 3.41. The van der Waals surface area contributed by atoms with Crippen molar-refractivity contribution in [3.63, 3.8) is 0 Å². The Bertz CT molecular complexity index is 436. The van der Waals surface area contributed by atoms with Crippen molar-refractivity contribution in [3.05, 3.63) is 6.07 Å². The first-order valence-electron chi connectivity index (χ1n) is 6.36. The van der Waals surface area contributed by atoms with Crippen LogP contribution in [-0.2, 0) is 0 Å². The third kappa shape index (κ3) is 3.47. The highest BCUT2D eigenvalue weighted by Crippen LogP contribution is 2.35. The zero-order valence-corrected chi connectivity index (χ0v) is 12.2. The lowest BCUT2D eigenvalue weighted by molar-refractivity contribution is -0.179. The molecule has 0 aliphatic carbocycles. The van der Waals surface area contributed by atoms with Gasteiger partial charge in [0.1, 0.15) is 11.6 Å². The number of hydrogen-bond donors (Lipinski definition) is 1. The van der Waals surface area contributed by atoms with Crippen molar-refractivity contribution < 1.29 is 13.2 Å². The Balaban J connectivity index is 2.10. The number of anilines is 2. The van der Waals surface area contributed by atoms with Gasteiger partial charge in [-0.3, -0.25) is 0 Å². The van der Waals surface area contributed by atoms with Gasteiger partial charge >= 0.3 is 6.18 Å². The van der Waals surface area contributed by atoms with Crippen LogP contribution in [0.3, 0.4) is 0 Å². The van der Waals surface area contributed by atoms with E-state index < -0.39 is 12.1 Å². The molecule has 0 spiro atoms. The van der Waals surface area contributed by atoms with E-state index in [4.69, 9.17) is 0 Å². The van der Waals surface area contributed by atoms with Crippen molar-refractivity contribution in [1.29, 1.82) is 0 Å². The standard InChI is InChI=1S/C12H17F3N4S/c1-16-9-7-10(18-11(17-9)20-2)19-5-3-8(4-6-19)12(13,14)15/h7-8H,3-6H2,1-2H3,(H,16,17,18). The molecule has 0 saturated carbocycles. The van der Waals surface area contributed by atoms with E-state index >= 15 is 0 Å². The molecular formula is C12H17F3N4S. The molecule has 8 heteroatoms. The van der Waals surface area contributed by atoms with Crippen LogP contribution in [0.15, 0.2) is 11.2 Å². The lowest BCUT2D eigenvalue weighted by atomic mass is 9.96. The molecule has 0 bridgehead atoms. The molecular weight excluding hydrogens is 289 g/mol. The third-order valence-corrected chi connectivity index (χ3v) is 3.96. The minimum atomic E-state index is -4.08. The number of aromatic nitrogens is 2. The molecule has 1 aromatic heterocycles. The summed E-state index contributed by atoms with van der Waals surface area (Å²) in [6.45, 7) is 0.746. The second kappa shape index (κ2) is 6.07. The van der Waals surface area contributed by atoms with Gasteiger partial charge in [-0.1, -0.05) is 11.8 Å². The molecule has 2 rings (SSSR count). The Morgan fingerprint density at radius 3 is 2.45 bits per heavy atom. The van der Waals surface area contributed by atoms with Gasteiger partial charge in [0, 0.05) is 26.2 Å². The number of piperidine rings is 1. The van der Waals surface area contributed by atoms with Crippen LogP contribution in [0.5, 0.6) is 0 Å². The van der Waals surface area contributed by atoms with Crippen molar-refractivity contribution >= 4 is 23.4 Å². The molecule has 0 amide bonds. The Kier molecular flexibility index (Phi) is 4.62. The largest absolute Gasteiger partial charge is 0.391 e. The van der Waals surface area contributed by atoms with Crippen LogP contribution in [0.2, 0.25) is 0 Å². The molecule has 1 saturated heterocycles. The average molecular weight is 306 g/mol. The molecule has 20 heavy (non-hydrogen) atoms. The van der Waals surface area contributed by atoms with Crippen molar-refractivity contribution in [2.24, 2.45) is 5.92 Å². The normalized spacial score (nSPS) is 17.4. The van der Waals surface area contributed by atoms with Crippen LogP contribution in [0.25, 0.3) is 0 Å². The number of nitrogens with zero attached hydrogens (tertiary/aromatic N) is 3. The summed E-state index contributed by atoms with van der Waals surface area (Å²) < 4.78 is 38.0. The molecule has 1 aliphatic heterocycles. The molecule has 2 heterocycles. The van der Waals surface area contributed by atoms with E-state index in [0.29, 0.717) is 29.9 Å². The second-order valence-electron chi connectivity index (χ2n) is 4.65. The fourth-order valence-corrected chi connectivity index (χ4v) is 2.60. The second-order valence-corrected chi connectivity index (χ2v) is 5.42. The lowest BCUT2D eigenvalue weighted by Crippen LogP contribution is -2.39. The van der Waals surface area contributed by atoms with Crippen LogP contribution >= 0.6 is 11.8 Å². The number of thioether (sulfide) groups is 1. The molecule has 0 atom stereocenters. The predicted molar refractivity (Wildman–Crippen MR) is 74.4 cm³/mol. The zero-order valence-electron chi connectivity index (χ0n) is 11.4. The van der Waals surface area contributed by atoms with Crippen LogP contribution in [0, 0.1) is 5.92 Å². The molecule has 0 unspecified atom stereocenters. The number of alkyl halides is 3. The molecule has 4 nitrogen and oxygen atoms in total. The quantitative estimate of drug-likeness (QED) is 0.687. The summed E-state index contributed by atoms with van der Waals surface area (Å²) in [5.74, 6) is 0.177. The van der Waals surface area contributed by atoms with Gasteiger partial charge in [-0.25, -0.2) is 9.97 Å². The van der Waals surface area contributed by atoms with Crippen molar-refractivity contribution in [1.82, 2.24) is 9.97 Å². The van der Waals surface area contributed by atoms with E-state index in [2.05, 4.69) is 15.3 Å². The minimum absolute atomic E-state index is 0.122. The van der Waals surface area contributed by atoms with Gasteiger partial charge in [-0.15, -0.1) is 0 Å². The summed E-state index contributed by atoms with van der Waals surface area (Å²) in [7, 11) is 1.76. The summed E-state index contributed by atoms with van der Waals surface area (Å²) in [5, 5.41) is 3.56. The van der Waals surface area contributed by atoms with Gasteiger partial charge in [-0.05, 0) is 19.1 Å². The van der Waals surface area contributed by atoms with E-state index in [1.165, 1.54) is 11.8 Å². The van der Waals surface area contributed by atoms with E-state index in [1.807, 2.05) is 11.2 Å². The maximum Gasteiger partial charge on any atom is 0.391 e. The SMILES string of the molecule is CNc1cc(N2CCC(C(F)(F)F)CC2)nc(SC)n1. The molecule has 1 fully saturated rings. The van der Waals surface area contributed by atoms with Crippen LogP contribution in [0.1, 0.15) is 12.8 Å². The monoisotopic (exact) mass is 306 g/mol. The van der Waals surface area contributed by atoms with E-state index in [1.54, 1.807) is 13.1 Å². The number of rotatable bonds is 3. The first kappa shape index (κ1) is 15.2. The van der Waals surface area contributed by atoms with Gasteiger partial charge in [0.25, 0.3) is 0 Å². The Morgan fingerprint density at radius 1 is 1.30 bits per heavy atom. The average Bonchev–Trinajstić information content (AvgIpc) is 2.46. The van der Waals surface area contributed by atoms with Crippen molar-refractivity contribution in [2.45, 2.75) is 24.2 Å². The first-order chi connectivity index (χ1) is 9.44. The van der Waals surface area contributed by atoms with E-state index in [-0.39, 0.29) is 12.8 Å². The summed E-state index contributed by atoms with van der Waals surface area (Å²) in [5.41, 5.74) is 0. The van der Waals surface area contributed by atoms with Gasteiger partial charge in [0.2, 0.25) is 0 Å². The van der Waals surface area contributed by atoms with E-state index in [9.17, 15) is 13.2 Å². The first-order valence-corrected chi connectivity index (χ1v) is 7.59. The predicted octanol–water partition coefficient (Wildman–Crippen LogP) is 3.02. The molecule has 0 aromatic carbocycles.